The molecule has 0 aromatic rings. The predicted molar refractivity (Wildman–Crippen MR) is 101 cm³/mol. The maximum absolute atomic E-state index is 11.8. The first-order chi connectivity index (χ1) is 15.2. The summed E-state index contributed by atoms with van der Waals surface area (Å²) in [5.41, 5.74) is 0. The zero-order valence-corrected chi connectivity index (χ0v) is 18.1. The zero-order chi connectivity index (χ0) is 24.0. The number of nitrogens with zero attached hydrogens (tertiary/aromatic N) is 3. The van der Waals surface area contributed by atoms with Crippen LogP contribution in [0, 0.1) is 5.21 Å². The number of rotatable bonds is 10. The van der Waals surface area contributed by atoms with Crippen LogP contribution in [0.15, 0.2) is 5.28 Å². The van der Waals surface area contributed by atoms with E-state index in [1.165, 1.54) is 21.1 Å². The maximum Gasteiger partial charge on any atom is 0.230 e. The van der Waals surface area contributed by atoms with Crippen LogP contribution >= 0.6 is 0 Å². The van der Waals surface area contributed by atoms with E-state index in [0.29, 0.717) is 0 Å². The molecule has 2 aliphatic rings. The van der Waals surface area contributed by atoms with Crippen molar-refractivity contribution in [2.24, 2.45) is 5.28 Å². The Morgan fingerprint density at radius 3 is 2.22 bits per heavy atom. The molecule has 1 unspecified atom stereocenters. The van der Waals surface area contributed by atoms with Crippen molar-refractivity contribution in [3.63, 3.8) is 0 Å². The van der Waals surface area contributed by atoms with Gasteiger partial charge in [-0.1, -0.05) is 0 Å². The number of hydrazine groups is 1. The SMILES string of the molecule is COCCN(C[C@H]1O[C@H](OC2[C@@H](CO)O[C@H](C)[C@H](O)[C@H]2O)[C@H](O)[C@@H](O)[C@@H]1OC)/[N+]([O-])=N/O. The van der Waals surface area contributed by atoms with Gasteiger partial charge in [-0.25, -0.2) is 0 Å². The van der Waals surface area contributed by atoms with Crippen molar-refractivity contribution in [3.05, 3.63) is 5.21 Å². The highest BCUT2D eigenvalue weighted by atomic mass is 16.7. The van der Waals surface area contributed by atoms with Crippen LogP contribution in [-0.2, 0) is 23.7 Å². The van der Waals surface area contributed by atoms with Gasteiger partial charge in [-0.2, -0.15) is 0 Å². The van der Waals surface area contributed by atoms with Crippen molar-refractivity contribution in [2.45, 2.75) is 68.1 Å². The lowest BCUT2D eigenvalue weighted by atomic mass is 9.94. The molecule has 2 heterocycles. The van der Waals surface area contributed by atoms with E-state index in [4.69, 9.17) is 28.9 Å². The van der Waals surface area contributed by atoms with E-state index in [2.05, 4.69) is 5.28 Å². The van der Waals surface area contributed by atoms with Gasteiger partial charge in [0.15, 0.2) is 6.29 Å². The van der Waals surface area contributed by atoms with Gasteiger partial charge < -0.3 is 59.6 Å². The van der Waals surface area contributed by atoms with Gasteiger partial charge >= 0.3 is 0 Å². The topological polar surface area (TPSA) is 209 Å². The molecule has 0 aromatic heterocycles. The fraction of sp³-hybridized carbons (Fsp3) is 1.00. The number of methoxy groups -OCH3 is 2. The lowest BCUT2D eigenvalue weighted by Gasteiger charge is -2.46. The third-order valence-electron chi connectivity index (χ3n) is 5.57. The molecule has 2 fully saturated rings. The Morgan fingerprint density at radius 2 is 1.66 bits per heavy atom. The van der Waals surface area contributed by atoms with Crippen molar-refractivity contribution in [1.82, 2.24) is 5.01 Å². The summed E-state index contributed by atoms with van der Waals surface area (Å²) in [4.78, 5) is -0.0966. The molecule has 32 heavy (non-hydrogen) atoms. The summed E-state index contributed by atoms with van der Waals surface area (Å²) < 4.78 is 26.9. The quantitative estimate of drug-likeness (QED) is 0.104. The predicted octanol–water partition coefficient (Wildman–Crippen LogP) is -3.45. The summed E-state index contributed by atoms with van der Waals surface area (Å²) in [6.07, 6.45) is -12.8. The Balaban J connectivity index is 2.21. The smallest absolute Gasteiger partial charge is 0.230 e. The minimum atomic E-state index is -1.64. The molecule has 2 saturated heterocycles. The molecule has 0 aliphatic carbocycles. The van der Waals surface area contributed by atoms with Crippen molar-refractivity contribution < 1.29 is 59.4 Å². The van der Waals surface area contributed by atoms with Crippen LogP contribution in [0.1, 0.15) is 6.92 Å². The molecular weight excluding hydrogens is 438 g/mol. The van der Waals surface area contributed by atoms with Crippen molar-refractivity contribution in [2.75, 3.05) is 40.5 Å². The molecule has 188 valence electrons. The molecule has 10 atom stereocenters. The Labute approximate surface area is 184 Å². The van der Waals surface area contributed by atoms with Gasteiger partial charge in [0.05, 0.1) is 24.3 Å². The molecular formula is C17H33N3O12. The first-order valence-electron chi connectivity index (χ1n) is 10.1. The largest absolute Gasteiger partial charge is 0.569 e. The fourth-order valence-corrected chi connectivity index (χ4v) is 3.76. The van der Waals surface area contributed by atoms with Crippen molar-refractivity contribution in [1.29, 1.82) is 0 Å². The number of hydrogen-bond donors (Lipinski definition) is 6. The van der Waals surface area contributed by atoms with E-state index in [1.54, 1.807) is 0 Å². The zero-order valence-electron chi connectivity index (χ0n) is 18.1. The van der Waals surface area contributed by atoms with Crippen molar-refractivity contribution >= 4 is 0 Å². The third-order valence-corrected chi connectivity index (χ3v) is 5.57. The second kappa shape index (κ2) is 12.2. The molecule has 2 aliphatic heterocycles. The molecule has 15 nitrogen and oxygen atoms in total. The van der Waals surface area contributed by atoms with Gasteiger partial charge in [0.1, 0.15) is 61.9 Å². The first kappa shape index (κ1) is 26.8. The molecule has 2 rings (SSSR count). The van der Waals surface area contributed by atoms with E-state index in [9.17, 15) is 30.7 Å². The molecule has 6 N–H and O–H groups in total. The normalized spacial score (nSPS) is 40.9. The average molecular weight is 471 g/mol. The first-order valence-corrected chi connectivity index (χ1v) is 10.1. The van der Waals surface area contributed by atoms with E-state index in [0.717, 1.165) is 5.01 Å². The number of aliphatic hydroxyl groups excluding tert-OH is 5. The monoisotopic (exact) mass is 471 g/mol. The Kier molecular flexibility index (Phi) is 10.2. The molecule has 15 heteroatoms. The minimum Gasteiger partial charge on any atom is -0.569 e. The molecule has 0 bridgehead atoms. The molecule has 0 saturated carbocycles. The lowest BCUT2D eigenvalue weighted by molar-refractivity contribution is -0.711. The van der Waals surface area contributed by atoms with Crippen LogP contribution in [0.4, 0.5) is 0 Å². The summed E-state index contributed by atoms with van der Waals surface area (Å²) in [5, 5.41) is 75.4. The van der Waals surface area contributed by atoms with Gasteiger partial charge in [-0.3, -0.25) is 0 Å². The highest BCUT2D eigenvalue weighted by molar-refractivity contribution is 4.95. The van der Waals surface area contributed by atoms with Crippen LogP contribution < -0.4 is 0 Å². The maximum atomic E-state index is 11.8. The summed E-state index contributed by atoms with van der Waals surface area (Å²) in [5.74, 6) is 0. The summed E-state index contributed by atoms with van der Waals surface area (Å²) in [6.45, 7) is 0.797. The van der Waals surface area contributed by atoms with Gasteiger partial charge in [-0.15, -0.1) is 5.01 Å². The molecule has 0 radical (unpaired) electrons. The second-order valence-electron chi connectivity index (χ2n) is 7.62. The summed E-state index contributed by atoms with van der Waals surface area (Å²) in [7, 11) is 2.67. The van der Waals surface area contributed by atoms with E-state index in [1.807, 2.05) is 0 Å². The Morgan fingerprint density at radius 1 is 1.00 bits per heavy atom. The van der Waals surface area contributed by atoms with Crippen LogP contribution in [-0.4, -0.2) is 142 Å². The lowest BCUT2D eigenvalue weighted by Crippen LogP contribution is -2.65. The standard InChI is InChI=1S/C17H33N3O12/c1-8-11(22)12(23)16(10(7-21)30-8)32-17-14(25)13(24)15(29-3)9(31-17)6-19(4-5-28-2)20(27)18-26/h8-17,21-26H,4-7H2,1-3H3/b20-18-/t8-,9-,10-,11+,12-,13-,14-,15-,16?,17-/m1/s1. The number of hydrogen-bond acceptors (Lipinski definition) is 12. The Bertz CT molecular complexity index is 599. The number of aliphatic hydroxyl groups is 5. The summed E-state index contributed by atoms with van der Waals surface area (Å²) in [6, 6.07) is 0. The fourth-order valence-electron chi connectivity index (χ4n) is 3.76. The van der Waals surface area contributed by atoms with Crippen LogP contribution in [0.2, 0.25) is 0 Å². The van der Waals surface area contributed by atoms with E-state index in [-0.39, 0.29) is 24.7 Å². The van der Waals surface area contributed by atoms with Crippen LogP contribution in [0.3, 0.4) is 0 Å². The van der Waals surface area contributed by atoms with Crippen LogP contribution in [0.5, 0.6) is 0 Å². The van der Waals surface area contributed by atoms with Crippen molar-refractivity contribution in [3.8, 4) is 0 Å². The summed E-state index contributed by atoms with van der Waals surface area (Å²) >= 11 is 0. The third kappa shape index (κ3) is 5.93. The van der Waals surface area contributed by atoms with Gasteiger partial charge in [-0.05, 0) is 6.92 Å². The van der Waals surface area contributed by atoms with E-state index < -0.39 is 67.8 Å². The van der Waals surface area contributed by atoms with Gasteiger partial charge in [0.2, 0.25) is 5.28 Å². The van der Waals surface area contributed by atoms with Crippen LogP contribution in [0.25, 0.3) is 0 Å². The highest BCUT2D eigenvalue weighted by Gasteiger charge is 2.50. The van der Waals surface area contributed by atoms with E-state index >= 15 is 0 Å². The Hall–Kier alpha value is -1.40. The molecule has 0 aromatic carbocycles. The van der Waals surface area contributed by atoms with Gasteiger partial charge in [0.25, 0.3) is 0 Å². The second-order valence-corrected chi connectivity index (χ2v) is 7.62. The van der Waals surface area contributed by atoms with Gasteiger partial charge in [0, 0.05) is 14.2 Å². The number of ether oxygens (including phenoxy) is 5. The highest BCUT2D eigenvalue weighted by Crippen LogP contribution is 2.30. The molecule has 0 amide bonds. The minimum absolute atomic E-state index is 0.00360. The average Bonchev–Trinajstić information content (AvgIpc) is 2.79. The molecule has 0 spiro atoms.